The molecule has 0 radical (unpaired) electrons. The van der Waals surface area contributed by atoms with Crippen LogP contribution >= 0.6 is 23.2 Å². The maximum atomic E-state index is 12.7. The first-order valence-corrected chi connectivity index (χ1v) is 7.45. The van der Waals surface area contributed by atoms with Gasteiger partial charge in [-0.25, -0.2) is 0 Å². The Bertz CT molecular complexity index is 816. The molecule has 0 aliphatic carbocycles. The second-order valence-electron chi connectivity index (χ2n) is 4.88. The highest BCUT2D eigenvalue weighted by Crippen LogP contribution is 2.26. The van der Waals surface area contributed by atoms with E-state index in [2.05, 4.69) is 18.0 Å². The number of aryl methyl sites for hydroxylation is 1. The summed E-state index contributed by atoms with van der Waals surface area (Å²) in [4.78, 5) is 15.9. The van der Waals surface area contributed by atoms with Gasteiger partial charge >= 0.3 is 0 Å². The lowest BCUT2D eigenvalue weighted by Crippen LogP contribution is -2.00. The second kappa shape index (κ2) is 5.55. The smallest absolute Gasteiger partial charge is 0.195 e. The van der Waals surface area contributed by atoms with Crippen LogP contribution in [0.2, 0.25) is 10.0 Å². The molecule has 21 heavy (non-hydrogen) atoms. The van der Waals surface area contributed by atoms with Crippen molar-refractivity contribution in [3.8, 4) is 0 Å². The van der Waals surface area contributed by atoms with Gasteiger partial charge in [0.25, 0.3) is 0 Å². The fraction of sp³-hybridized carbons (Fsp3) is 0.118. The van der Waals surface area contributed by atoms with Gasteiger partial charge in [0.1, 0.15) is 0 Å². The molecule has 0 unspecified atom stereocenters. The number of carbonyl (C=O) groups excluding carboxylic acids is 1. The summed E-state index contributed by atoms with van der Waals surface area (Å²) in [7, 11) is 0. The maximum absolute atomic E-state index is 12.7. The molecule has 2 aromatic carbocycles. The summed E-state index contributed by atoms with van der Waals surface area (Å²) < 4.78 is 0. The van der Waals surface area contributed by atoms with Gasteiger partial charge in [0, 0.05) is 38.3 Å². The molecular formula is C17H13Cl2NO. The first kappa shape index (κ1) is 14.2. The summed E-state index contributed by atoms with van der Waals surface area (Å²) in [6, 6.07) is 10.9. The van der Waals surface area contributed by atoms with Gasteiger partial charge in [-0.2, -0.15) is 0 Å². The molecule has 0 bridgehead atoms. The number of benzene rings is 2. The Hall–Kier alpha value is -1.77. The van der Waals surface area contributed by atoms with Crippen LogP contribution in [-0.4, -0.2) is 10.8 Å². The lowest BCUT2D eigenvalue weighted by molar-refractivity contribution is 0.104. The van der Waals surface area contributed by atoms with Crippen molar-refractivity contribution in [1.82, 2.24) is 4.98 Å². The zero-order valence-corrected chi connectivity index (χ0v) is 12.9. The largest absolute Gasteiger partial charge is 0.360 e. The quantitative estimate of drug-likeness (QED) is 0.656. The fourth-order valence-electron chi connectivity index (χ4n) is 2.54. The van der Waals surface area contributed by atoms with Crippen molar-refractivity contribution in [1.29, 1.82) is 0 Å². The Morgan fingerprint density at radius 1 is 1.14 bits per heavy atom. The average Bonchev–Trinajstić information content (AvgIpc) is 2.89. The predicted molar refractivity (Wildman–Crippen MR) is 87.6 cm³/mol. The van der Waals surface area contributed by atoms with E-state index in [4.69, 9.17) is 23.2 Å². The Balaban J connectivity index is 2.14. The molecule has 0 atom stereocenters. The molecule has 1 heterocycles. The van der Waals surface area contributed by atoms with Gasteiger partial charge in [-0.1, -0.05) is 48.3 Å². The highest BCUT2D eigenvalue weighted by molar-refractivity contribution is 6.35. The molecule has 4 heteroatoms. The van der Waals surface area contributed by atoms with Gasteiger partial charge in [0.2, 0.25) is 0 Å². The lowest BCUT2D eigenvalue weighted by atomic mass is 10.0. The molecule has 0 fully saturated rings. The summed E-state index contributed by atoms with van der Waals surface area (Å²) in [5, 5.41) is 1.84. The molecule has 3 aromatic rings. The summed E-state index contributed by atoms with van der Waals surface area (Å²) in [6.07, 6.45) is 2.66. The SMILES string of the molecule is CCc1cccc2c(C(=O)c3cc(Cl)cc(Cl)c3)c[nH]c12. The Morgan fingerprint density at radius 2 is 1.86 bits per heavy atom. The Morgan fingerprint density at radius 3 is 2.52 bits per heavy atom. The van der Waals surface area contributed by atoms with Crippen molar-refractivity contribution in [2.75, 3.05) is 0 Å². The number of para-hydroxylation sites is 1. The standard InChI is InChI=1S/C17H13Cl2NO/c1-2-10-4-3-5-14-15(9-20-16(10)14)17(21)11-6-12(18)8-13(19)7-11/h3-9,20H,2H2,1H3. The molecule has 3 rings (SSSR count). The van der Waals surface area contributed by atoms with E-state index in [0.717, 1.165) is 17.3 Å². The van der Waals surface area contributed by atoms with Crippen molar-refractivity contribution in [2.24, 2.45) is 0 Å². The zero-order valence-electron chi connectivity index (χ0n) is 11.4. The van der Waals surface area contributed by atoms with Crippen molar-refractivity contribution < 1.29 is 4.79 Å². The molecule has 0 aliphatic rings. The van der Waals surface area contributed by atoms with Crippen LogP contribution in [0, 0.1) is 0 Å². The van der Waals surface area contributed by atoms with E-state index >= 15 is 0 Å². The van der Waals surface area contributed by atoms with Crippen LogP contribution < -0.4 is 0 Å². The lowest BCUT2D eigenvalue weighted by Gasteiger charge is -2.03. The van der Waals surface area contributed by atoms with Gasteiger partial charge in [0.05, 0.1) is 0 Å². The minimum atomic E-state index is -0.0843. The number of H-pyrrole nitrogens is 1. The molecular weight excluding hydrogens is 305 g/mol. The van der Waals surface area contributed by atoms with Crippen LogP contribution in [0.3, 0.4) is 0 Å². The molecule has 0 saturated heterocycles. The molecule has 0 saturated carbocycles. The van der Waals surface area contributed by atoms with Crippen LogP contribution in [0.25, 0.3) is 10.9 Å². The topological polar surface area (TPSA) is 32.9 Å². The molecule has 1 N–H and O–H groups in total. The van der Waals surface area contributed by atoms with E-state index in [-0.39, 0.29) is 5.78 Å². The third-order valence-electron chi connectivity index (χ3n) is 3.55. The fourth-order valence-corrected chi connectivity index (χ4v) is 3.07. The van der Waals surface area contributed by atoms with Crippen molar-refractivity contribution in [2.45, 2.75) is 13.3 Å². The number of halogens is 2. The van der Waals surface area contributed by atoms with E-state index in [1.165, 1.54) is 5.56 Å². The second-order valence-corrected chi connectivity index (χ2v) is 5.76. The zero-order chi connectivity index (χ0) is 15.0. The van der Waals surface area contributed by atoms with Crippen molar-refractivity contribution in [3.05, 3.63) is 69.3 Å². The number of aromatic amines is 1. The highest BCUT2D eigenvalue weighted by atomic mass is 35.5. The molecule has 0 amide bonds. The molecule has 2 nitrogen and oxygen atoms in total. The number of fused-ring (bicyclic) bond motifs is 1. The maximum Gasteiger partial charge on any atom is 0.195 e. The Kier molecular flexibility index (Phi) is 3.75. The van der Waals surface area contributed by atoms with Gasteiger partial charge < -0.3 is 4.98 Å². The summed E-state index contributed by atoms with van der Waals surface area (Å²) >= 11 is 12.0. The van der Waals surface area contributed by atoms with E-state index in [9.17, 15) is 4.79 Å². The first-order chi connectivity index (χ1) is 10.1. The van der Waals surface area contributed by atoms with Gasteiger partial charge in [0.15, 0.2) is 5.78 Å². The van der Waals surface area contributed by atoms with Crippen molar-refractivity contribution in [3.63, 3.8) is 0 Å². The van der Waals surface area contributed by atoms with E-state index < -0.39 is 0 Å². The van der Waals surface area contributed by atoms with Gasteiger partial charge in [-0.05, 0) is 30.2 Å². The van der Waals surface area contributed by atoms with Crippen LogP contribution in [0.4, 0.5) is 0 Å². The van der Waals surface area contributed by atoms with Crippen molar-refractivity contribution >= 4 is 39.9 Å². The van der Waals surface area contributed by atoms with E-state index in [1.807, 2.05) is 12.1 Å². The van der Waals surface area contributed by atoms with Crippen LogP contribution in [0.15, 0.2) is 42.6 Å². The molecule has 106 valence electrons. The highest BCUT2D eigenvalue weighted by Gasteiger charge is 2.16. The molecule has 0 aliphatic heterocycles. The number of rotatable bonds is 3. The van der Waals surface area contributed by atoms with Crippen LogP contribution in [-0.2, 0) is 6.42 Å². The van der Waals surface area contributed by atoms with Crippen LogP contribution in [0.5, 0.6) is 0 Å². The van der Waals surface area contributed by atoms with E-state index in [0.29, 0.717) is 21.2 Å². The van der Waals surface area contributed by atoms with E-state index in [1.54, 1.807) is 24.4 Å². The molecule has 0 spiro atoms. The number of ketones is 1. The third-order valence-corrected chi connectivity index (χ3v) is 3.99. The normalized spacial score (nSPS) is 11.0. The predicted octanol–water partition coefficient (Wildman–Crippen LogP) is 5.27. The monoisotopic (exact) mass is 317 g/mol. The minimum absolute atomic E-state index is 0.0843. The van der Waals surface area contributed by atoms with Gasteiger partial charge in [-0.3, -0.25) is 4.79 Å². The summed E-state index contributed by atoms with van der Waals surface area (Å²) in [5.74, 6) is -0.0843. The van der Waals surface area contributed by atoms with Crippen LogP contribution in [0.1, 0.15) is 28.4 Å². The first-order valence-electron chi connectivity index (χ1n) is 6.70. The number of carbonyl (C=O) groups is 1. The number of nitrogens with one attached hydrogen (secondary N) is 1. The summed E-state index contributed by atoms with van der Waals surface area (Å²) in [5.41, 5.74) is 3.33. The summed E-state index contributed by atoms with van der Waals surface area (Å²) in [6.45, 7) is 2.09. The number of aromatic nitrogens is 1. The van der Waals surface area contributed by atoms with Gasteiger partial charge in [-0.15, -0.1) is 0 Å². The molecule has 1 aromatic heterocycles. The average molecular weight is 318 g/mol. The number of hydrogen-bond donors (Lipinski definition) is 1. The third kappa shape index (κ3) is 2.57. The minimum Gasteiger partial charge on any atom is -0.360 e. The Labute approximate surface area is 132 Å². The number of hydrogen-bond acceptors (Lipinski definition) is 1.